The number of furan rings is 1. The van der Waals surface area contributed by atoms with Crippen LogP contribution >= 0.6 is 0 Å². The minimum atomic E-state index is -0.377. The molecule has 2 aromatic rings. The molecule has 5 heteroatoms. The molecule has 5 nitrogen and oxygen atoms in total. The molecule has 1 unspecified atom stereocenters. The van der Waals surface area contributed by atoms with Crippen LogP contribution in [0.3, 0.4) is 0 Å². The number of fused-ring (bicyclic) bond motifs is 1. The maximum atomic E-state index is 12.2. The maximum absolute atomic E-state index is 12.2. The van der Waals surface area contributed by atoms with Crippen LogP contribution in [0.25, 0.3) is 11.0 Å². The third-order valence-corrected chi connectivity index (χ3v) is 3.13. The zero-order valence-corrected chi connectivity index (χ0v) is 11.8. The summed E-state index contributed by atoms with van der Waals surface area (Å²) in [7, 11) is 2.97. The monoisotopic (exact) mass is 275 g/mol. The van der Waals surface area contributed by atoms with Crippen molar-refractivity contribution in [3.8, 4) is 0 Å². The van der Waals surface area contributed by atoms with Crippen LogP contribution in [0.15, 0.2) is 34.7 Å². The van der Waals surface area contributed by atoms with Crippen molar-refractivity contribution >= 4 is 22.8 Å². The van der Waals surface area contributed by atoms with E-state index >= 15 is 0 Å². The molecule has 0 aliphatic heterocycles. The van der Waals surface area contributed by atoms with Gasteiger partial charge >= 0.3 is 5.97 Å². The highest BCUT2D eigenvalue weighted by Gasteiger charge is 2.21. The molecule has 0 spiro atoms. The van der Waals surface area contributed by atoms with Gasteiger partial charge in [0, 0.05) is 19.0 Å². The molecule has 1 amide bonds. The van der Waals surface area contributed by atoms with Crippen LogP contribution < -0.4 is 0 Å². The Kier molecular flexibility index (Phi) is 4.08. The standard InChI is InChI=1S/C15H17NO4/c1-10(15(18)19-3)9-16(2)14(17)13-8-11-6-4-5-7-12(11)20-13/h4-8,10H,9H2,1-3H3. The van der Waals surface area contributed by atoms with Crippen molar-refractivity contribution in [2.24, 2.45) is 5.92 Å². The maximum Gasteiger partial charge on any atom is 0.310 e. The summed E-state index contributed by atoms with van der Waals surface area (Å²) < 4.78 is 10.2. The number of esters is 1. The number of hydrogen-bond donors (Lipinski definition) is 0. The van der Waals surface area contributed by atoms with Gasteiger partial charge in [-0.25, -0.2) is 0 Å². The first-order valence-electron chi connectivity index (χ1n) is 6.34. The molecule has 1 atom stereocenters. The molecule has 0 aliphatic rings. The van der Waals surface area contributed by atoms with Crippen LogP contribution in [0.4, 0.5) is 0 Å². The largest absolute Gasteiger partial charge is 0.469 e. The van der Waals surface area contributed by atoms with Gasteiger partial charge in [-0.15, -0.1) is 0 Å². The molecule has 0 saturated carbocycles. The number of benzene rings is 1. The topological polar surface area (TPSA) is 59.8 Å². The predicted molar refractivity (Wildman–Crippen MR) is 74.4 cm³/mol. The molecule has 0 aliphatic carbocycles. The van der Waals surface area contributed by atoms with Gasteiger partial charge in [0.2, 0.25) is 0 Å². The van der Waals surface area contributed by atoms with Gasteiger partial charge in [-0.1, -0.05) is 25.1 Å². The Hall–Kier alpha value is -2.30. The first kappa shape index (κ1) is 14.1. The lowest BCUT2D eigenvalue weighted by atomic mass is 10.1. The third-order valence-electron chi connectivity index (χ3n) is 3.13. The fourth-order valence-electron chi connectivity index (χ4n) is 2.04. The molecule has 20 heavy (non-hydrogen) atoms. The van der Waals surface area contributed by atoms with Crippen molar-refractivity contribution in [3.63, 3.8) is 0 Å². The number of carbonyl (C=O) groups excluding carboxylic acids is 2. The van der Waals surface area contributed by atoms with Gasteiger partial charge in [0.25, 0.3) is 5.91 Å². The number of carbonyl (C=O) groups is 2. The molecular formula is C15H17NO4. The van der Waals surface area contributed by atoms with Crippen molar-refractivity contribution in [2.75, 3.05) is 20.7 Å². The lowest BCUT2D eigenvalue weighted by molar-refractivity contribution is -0.145. The summed E-state index contributed by atoms with van der Waals surface area (Å²) in [4.78, 5) is 25.1. The number of methoxy groups -OCH3 is 1. The van der Waals surface area contributed by atoms with E-state index in [1.807, 2.05) is 24.3 Å². The first-order valence-corrected chi connectivity index (χ1v) is 6.34. The Morgan fingerprint density at radius 2 is 2.05 bits per heavy atom. The van der Waals surface area contributed by atoms with Gasteiger partial charge in [0.05, 0.1) is 13.0 Å². The molecule has 1 aromatic carbocycles. The lowest BCUT2D eigenvalue weighted by Crippen LogP contribution is -2.33. The summed E-state index contributed by atoms with van der Waals surface area (Å²) in [5.41, 5.74) is 0.672. The smallest absolute Gasteiger partial charge is 0.310 e. The van der Waals surface area contributed by atoms with E-state index in [0.717, 1.165) is 5.39 Å². The summed E-state index contributed by atoms with van der Waals surface area (Å²) in [5.74, 6) is -0.699. The summed E-state index contributed by atoms with van der Waals surface area (Å²) in [6, 6.07) is 9.13. The van der Waals surface area contributed by atoms with Crippen molar-refractivity contribution in [2.45, 2.75) is 6.92 Å². The molecule has 1 heterocycles. The first-order chi connectivity index (χ1) is 9.52. The van der Waals surface area contributed by atoms with Gasteiger partial charge in [-0.05, 0) is 12.1 Å². The second-order valence-electron chi connectivity index (χ2n) is 4.76. The highest BCUT2D eigenvalue weighted by atomic mass is 16.5. The van der Waals surface area contributed by atoms with Gasteiger partial charge < -0.3 is 14.1 Å². The number of hydrogen-bond acceptors (Lipinski definition) is 4. The van der Waals surface area contributed by atoms with Crippen LogP contribution in [-0.2, 0) is 9.53 Å². The number of ether oxygens (including phenoxy) is 1. The third kappa shape index (κ3) is 2.82. The molecule has 106 valence electrons. The number of nitrogens with zero attached hydrogens (tertiary/aromatic N) is 1. The minimum Gasteiger partial charge on any atom is -0.469 e. The van der Waals surface area contributed by atoms with E-state index in [4.69, 9.17) is 4.42 Å². The summed E-state index contributed by atoms with van der Waals surface area (Å²) >= 11 is 0. The lowest BCUT2D eigenvalue weighted by Gasteiger charge is -2.19. The zero-order chi connectivity index (χ0) is 14.7. The number of rotatable bonds is 4. The van der Waals surface area contributed by atoms with E-state index < -0.39 is 0 Å². The van der Waals surface area contributed by atoms with Gasteiger partial charge in [0.15, 0.2) is 5.76 Å². The highest BCUT2D eigenvalue weighted by Crippen LogP contribution is 2.20. The van der Waals surface area contributed by atoms with Gasteiger partial charge in [-0.3, -0.25) is 9.59 Å². The van der Waals surface area contributed by atoms with Gasteiger partial charge in [-0.2, -0.15) is 0 Å². The molecule has 0 saturated heterocycles. The second-order valence-corrected chi connectivity index (χ2v) is 4.76. The van der Waals surface area contributed by atoms with Crippen LogP contribution in [0.5, 0.6) is 0 Å². The van der Waals surface area contributed by atoms with Gasteiger partial charge in [0.1, 0.15) is 5.58 Å². The molecule has 1 aromatic heterocycles. The van der Waals surface area contributed by atoms with Crippen LogP contribution in [0.2, 0.25) is 0 Å². The Balaban J connectivity index is 2.12. The molecule has 0 N–H and O–H groups in total. The average molecular weight is 275 g/mol. The SMILES string of the molecule is COC(=O)C(C)CN(C)C(=O)c1cc2ccccc2o1. The number of amides is 1. The summed E-state index contributed by atoms with van der Waals surface area (Å²) in [5, 5.41) is 0.880. The zero-order valence-electron chi connectivity index (χ0n) is 11.8. The van der Waals surface area contributed by atoms with E-state index in [2.05, 4.69) is 4.74 Å². The van der Waals surface area contributed by atoms with Crippen LogP contribution in [-0.4, -0.2) is 37.5 Å². The molecule has 2 rings (SSSR count). The quantitative estimate of drug-likeness (QED) is 0.803. The predicted octanol–water partition coefficient (Wildman–Crippen LogP) is 2.31. The van der Waals surface area contributed by atoms with E-state index in [0.29, 0.717) is 5.58 Å². The van der Waals surface area contributed by atoms with Crippen molar-refractivity contribution in [3.05, 3.63) is 36.1 Å². The fourth-order valence-corrected chi connectivity index (χ4v) is 2.04. The Morgan fingerprint density at radius 1 is 1.35 bits per heavy atom. The number of para-hydroxylation sites is 1. The molecule has 0 fully saturated rings. The minimum absolute atomic E-state index is 0.253. The van der Waals surface area contributed by atoms with E-state index in [1.54, 1.807) is 20.0 Å². The normalized spacial score (nSPS) is 12.2. The fraction of sp³-hybridized carbons (Fsp3) is 0.333. The molecule has 0 bridgehead atoms. The molecule has 0 radical (unpaired) electrons. The Morgan fingerprint density at radius 3 is 2.70 bits per heavy atom. The Labute approximate surface area is 117 Å². The van der Waals surface area contributed by atoms with Crippen LogP contribution in [0.1, 0.15) is 17.5 Å². The van der Waals surface area contributed by atoms with Crippen molar-refractivity contribution in [1.29, 1.82) is 0 Å². The van der Waals surface area contributed by atoms with E-state index in [1.165, 1.54) is 12.0 Å². The Bertz CT molecular complexity index is 599. The highest BCUT2D eigenvalue weighted by molar-refractivity contribution is 5.96. The van der Waals surface area contributed by atoms with E-state index in [-0.39, 0.29) is 30.1 Å². The average Bonchev–Trinajstić information content (AvgIpc) is 2.89. The molecular weight excluding hydrogens is 258 g/mol. The van der Waals surface area contributed by atoms with Crippen LogP contribution in [0, 0.1) is 5.92 Å². The van der Waals surface area contributed by atoms with E-state index in [9.17, 15) is 9.59 Å². The summed E-state index contributed by atoms with van der Waals surface area (Å²) in [6.45, 7) is 2.00. The van der Waals surface area contributed by atoms with Crippen molar-refractivity contribution in [1.82, 2.24) is 4.90 Å². The summed E-state index contributed by atoms with van der Waals surface area (Å²) in [6.07, 6.45) is 0. The van der Waals surface area contributed by atoms with Crippen molar-refractivity contribution < 1.29 is 18.7 Å². The second kappa shape index (κ2) is 5.77.